The molecular formula is C19H20F3N3O3. The van der Waals surface area contributed by atoms with E-state index >= 15 is 0 Å². The highest BCUT2D eigenvalue weighted by atomic mass is 19.4. The zero-order valence-corrected chi connectivity index (χ0v) is 15.1. The van der Waals surface area contributed by atoms with E-state index in [1.54, 1.807) is 24.3 Å². The second-order valence-corrected chi connectivity index (χ2v) is 5.84. The third kappa shape index (κ3) is 6.58. The van der Waals surface area contributed by atoms with Gasteiger partial charge in [0.15, 0.2) is 0 Å². The van der Waals surface area contributed by atoms with Crippen molar-refractivity contribution in [3.05, 3.63) is 59.7 Å². The summed E-state index contributed by atoms with van der Waals surface area (Å²) in [7, 11) is 1.54. The van der Waals surface area contributed by atoms with Crippen LogP contribution < -0.4 is 16.0 Å². The minimum atomic E-state index is -4.57. The van der Waals surface area contributed by atoms with E-state index in [-0.39, 0.29) is 18.0 Å². The van der Waals surface area contributed by atoms with Crippen molar-refractivity contribution in [2.45, 2.75) is 12.6 Å². The molecule has 0 bridgehead atoms. The molecule has 2 aromatic rings. The van der Waals surface area contributed by atoms with Crippen molar-refractivity contribution in [3.63, 3.8) is 0 Å². The van der Waals surface area contributed by atoms with Crippen LogP contribution in [0, 0.1) is 0 Å². The molecule has 3 N–H and O–H groups in total. The molecule has 9 heteroatoms. The predicted molar refractivity (Wildman–Crippen MR) is 99.1 cm³/mol. The zero-order valence-electron chi connectivity index (χ0n) is 15.1. The molecule has 0 unspecified atom stereocenters. The Morgan fingerprint density at radius 2 is 1.68 bits per heavy atom. The number of carbonyl (C=O) groups excluding carboxylic acids is 2. The molecule has 0 aliphatic heterocycles. The first-order chi connectivity index (χ1) is 13.3. The summed E-state index contributed by atoms with van der Waals surface area (Å²) in [5, 5.41) is 7.34. The number of hydrogen-bond acceptors (Lipinski definition) is 3. The molecule has 6 nitrogen and oxygen atoms in total. The molecule has 3 amide bonds. The summed E-state index contributed by atoms with van der Waals surface area (Å²) in [6.45, 7) is 0.829. The van der Waals surface area contributed by atoms with Gasteiger partial charge in [-0.05, 0) is 29.8 Å². The van der Waals surface area contributed by atoms with Crippen molar-refractivity contribution >= 4 is 23.3 Å². The average Bonchev–Trinajstić information content (AvgIpc) is 2.63. The summed E-state index contributed by atoms with van der Waals surface area (Å²) < 4.78 is 43.7. The quantitative estimate of drug-likeness (QED) is 0.626. The highest BCUT2D eigenvalue weighted by Crippen LogP contribution is 2.34. The van der Waals surface area contributed by atoms with E-state index in [1.807, 2.05) is 0 Å². The van der Waals surface area contributed by atoms with Gasteiger partial charge in [0.25, 0.3) is 0 Å². The molecule has 150 valence electrons. The Morgan fingerprint density at radius 1 is 1.00 bits per heavy atom. The van der Waals surface area contributed by atoms with Gasteiger partial charge in [-0.25, -0.2) is 4.79 Å². The van der Waals surface area contributed by atoms with Gasteiger partial charge in [0, 0.05) is 19.3 Å². The smallest absolute Gasteiger partial charge is 0.383 e. The van der Waals surface area contributed by atoms with Crippen LogP contribution in [-0.2, 0) is 22.1 Å². The molecule has 0 fully saturated rings. The maximum Gasteiger partial charge on any atom is 0.418 e. The lowest BCUT2D eigenvalue weighted by Crippen LogP contribution is -2.28. The van der Waals surface area contributed by atoms with Crippen molar-refractivity contribution in [2.75, 3.05) is 30.9 Å². The monoisotopic (exact) mass is 395 g/mol. The largest absolute Gasteiger partial charge is 0.418 e. The second-order valence-electron chi connectivity index (χ2n) is 5.84. The van der Waals surface area contributed by atoms with Gasteiger partial charge in [-0.3, -0.25) is 4.79 Å². The van der Waals surface area contributed by atoms with Crippen molar-refractivity contribution < 1.29 is 27.5 Å². The first-order valence-electron chi connectivity index (χ1n) is 8.38. The first kappa shape index (κ1) is 21.2. The van der Waals surface area contributed by atoms with Crippen LogP contribution in [0.25, 0.3) is 0 Å². The Balaban J connectivity index is 1.92. The maximum absolute atomic E-state index is 13.0. The van der Waals surface area contributed by atoms with Gasteiger partial charge in [0.05, 0.1) is 24.3 Å². The van der Waals surface area contributed by atoms with E-state index < -0.39 is 17.8 Å². The molecule has 2 rings (SSSR count). The molecule has 0 saturated carbocycles. The molecule has 0 aliphatic carbocycles. The minimum Gasteiger partial charge on any atom is -0.383 e. The fourth-order valence-corrected chi connectivity index (χ4v) is 2.37. The Bertz CT molecular complexity index is 808. The van der Waals surface area contributed by atoms with E-state index in [4.69, 9.17) is 4.74 Å². The van der Waals surface area contributed by atoms with Crippen molar-refractivity contribution in [2.24, 2.45) is 0 Å². The van der Waals surface area contributed by atoms with E-state index in [1.165, 1.54) is 25.3 Å². The van der Waals surface area contributed by atoms with Crippen LogP contribution in [0.4, 0.5) is 29.3 Å². The molecule has 0 aromatic heterocycles. The van der Waals surface area contributed by atoms with E-state index in [9.17, 15) is 22.8 Å². The van der Waals surface area contributed by atoms with E-state index in [0.29, 0.717) is 18.8 Å². The van der Waals surface area contributed by atoms with Gasteiger partial charge in [-0.1, -0.05) is 24.3 Å². The molecule has 0 radical (unpaired) electrons. The summed E-state index contributed by atoms with van der Waals surface area (Å²) in [5.74, 6) is -0.167. The van der Waals surface area contributed by atoms with Crippen LogP contribution in [0.5, 0.6) is 0 Å². The van der Waals surface area contributed by atoms with Crippen LogP contribution in [0.3, 0.4) is 0 Å². The number of nitrogens with one attached hydrogen (secondary N) is 3. The van der Waals surface area contributed by atoms with Gasteiger partial charge in [-0.2, -0.15) is 13.2 Å². The number of alkyl halides is 3. The zero-order chi connectivity index (χ0) is 20.6. The van der Waals surface area contributed by atoms with Crippen LogP contribution in [0.2, 0.25) is 0 Å². The first-order valence-corrected chi connectivity index (χ1v) is 8.38. The number of anilines is 2. The Morgan fingerprint density at radius 3 is 2.32 bits per heavy atom. The Kier molecular flexibility index (Phi) is 7.39. The maximum atomic E-state index is 13.0. The fourth-order valence-electron chi connectivity index (χ4n) is 2.37. The molecule has 2 aromatic carbocycles. The third-order valence-electron chi connectivity index (χ3n) is 3.69. The topological polar surface area (TPSA) is 79.5 Å². The normalized spacial score (nSPS) is 11.0. The Labute approximate surface area is 160 Å². The third-order valence-corrected chi connectivity index (χ3v) is 3.69. The number of benzene rings is 2. The SMILES string of the molecule is COCCNC(=O)Cc1ccc(NC(=O)Nc2ccccc2C(F)(F)F)cc1. The van der Waals surface area contributed by atoms with Crippen LogP contribution in [0.15, 0.2) is 48.5 Å². The highest BCUT2D eigenvalue weighted by Gasteiger charge is 2.33. The van der Waals surface area contributed by atoms with Gasteiger partial charge in [0.1, 0.15) is 0 Å². The lowest BCUT2D eigenvalue weighted by Gasteiger charge is -2.14. The summed E-state index contributed by atoms with van der Waals surface area (Å²) in [5.41, 5.74) is -0.161. The predicted octanol–water partition coefficient (Wildman–Crippen LogP) is 3.65. The lowest BCUT2D eigenvalue weighted by molar-refractivity contribution is -0.137. The van der Waals surface area contributed by atoms with Gasteiger partial charge in [0.2, 0.25) is 5.91 Å². The average molecular weight is 395 g/mol. The number of para-hydroxylation sites is 1. The van der Waals surface area contributed by atoms with Crippen LogP contribution in [0.1, 0.15) is 11.1 Å². The molecule has 0 heterocycles. The van der Waals surface area contributed by atoms with E-state index in [0.717, 1.165) is 11.6 Å². The van der Waals surface area contributed by atoms with Crippen LogP contribution in [-0.4, -0.2) is 32.2 Å². The fraction of sp³-hybridized carbons (Fsp3) is 0.263. The Hall–Kier alpha value is -3.07. The molecule has 0 aliphatic rings. The van der Waals surface area contributed by atoms with Gasteiger partial charge in [-0.15, -0.1) is 0 Å². The van der Waals surface area contributed by atoms with Crippen LogP contribution >= 0.6 is 0 Å². The number of carbonyl (C=O) groups is 2. The van der Waals surface area contributed by atoms with E-state index in [2.05, 4.69) is 16.0 Å². The van der Waals surface area contributed by atoms with Gasteiger partial charge < -0.3 is 20.7 Å². The molecular weight excluding hydrogens is 375 g/mol. The molecule has 0 atom stereocenters. The number of methoxy groups -OCH3 is 1. The summed E-state index contributed by atoms with van der Waals surface area (Å²) >= 11 is 0. The molecule has 28 heavy (non-hydrogen) atoms. The number of rotatable bonds is 7. The second kappa shape index (κ2) is 9.75. The minimum absolute atomic E-state index is 0.162. The summed E-state index contributed by atoms with van der Waals surface area (Å²) in [6.07, 6.45) is -4.41. The van der Waals surface area contributed by atoms with Crippen molar-refractivity contribution in [3.8, 4) is 0 Å². The number of halogens is 3. The summed E-state index contributed by atoms with van der Waals surface area (Å²) in [4.78, 5) is 23.7. The number of ether oxygens (including phenoxy) is 1. The van der Waals surface area contributed by atoms with Gasteiger partial charge >= 0.3 is 12.2 Å². The summed E-state index contributed by atoms with van der Waals surface area (Å²) in [6, 6.07) is 10.3. The van der Waals surface area contributed by atoms with Crippen molar-refractivity contribution in [1.29, 1.82) is 0 Å². The number of urea groups is 1. The number of amides is 3. The standard InChI is InChI=1S/C19H20F3N3O3/c1-28-11-10-23-17(26)12-13-6-8-14(9-7-13)24-18(27)25-16-5-3-2-4-15(16)19(20,21)22/h2-9H,10-12H2,1H3,(H,23,26)(H2,24,25,27). The lowest BCUT2D eigenvalue weighted by atomic mass is 10.1. The molecule has 0 saturated heterocycles. The number of hydrogen-bond donors (Lipinski definition) is 3. The highest BCUT2D eigenvalue weighted by molar-refractivity contribution is 6.00. The molecule has 0 spiro atoms. The van der Waals surface area contributed by atoms with Crippen molar-refractivity contribution in [1.82, 2.24) is 5.32 Å².